The minimum Gasteiger partial charge on any atom is -0.388 e. The van der Waals surface area contributed by atoms with E-state index in [1.165, 1.54) is 12.8 Å². The summed E-state index contributed by atoms with van der Waals surface area (Å²) in [6.45, 7) is 6.83. The lowest BCUT2D eigenvalue weighted by Gasteiger charge is -2.47. The Morgan fingerprint density at radius 1 is 1.10 bits per heavy atom. The molecule has 2 aliphatic rings. The zero-order chi connectivity index (χ0) is 15.5. The highest BCUT2D eigenvalue weighted by Crippen LogP contribution is 2.52. The number of nitrogens with zero attached hydrogens (tertiary/aromatic N) is 1. The van der Waals surface area contributed by atoms with Gasteiger partial charge in [0.1, 0.15) is 0 Å². The van der Waals surface area contributed by atoms with Crippen LogP contribution >= 0.6 is 0 Å². The van der Waals surface area contributed by atoms with Crippen molar-refractivity contribution in [3.05, 3.63) is 0 Å². The molecule has 2 atom stereocenters. The highest BCUT2D eigenvalue weighted by molar-refractivity contribution is 5.13. The molecule has 0 aliphatic heterocycles. The average Bonchev–Trinajstić information content (AvgIpc) is 2.70. The predicted octanol–water partition coefficient (Wildman–Crippen LogP) is 5.06. The van der Waals surface area contributed by atoms with Crippen LogP contribution in [0, 0.1) is 34.5 Å². The molecule has 2 saturated carbocycles. The van der Waals surface area contributed by atoms with Gasteiger partial charge in [0, 0.05) is 0 Å². The van der Waals surface area contributed by atoms with E-state index in [1.807, 2.05) is 0 Å². The second-order valence-corrected chi connectivity index (χ2v) is 8.01. The smallest absolute Gasteiger partial charge is 0.0860 e. The van der Waals surface area contributed by atoms with Gasteiger partial charge in [-0.05, 0) is 62.7 Å². The zero-order valence-electron chi connectivity index (χ0n) is 14.2. The fraction of sp³-hybridized carbons (Fsp3) is 0.947. The SMILES string of the molecule is CCC1CCCC(O)(C2(C#N)CCC(C(C)C)CC2)CC1. The summed E-state index contributed by atoms with van der Waals surface area (Å²) < 4.78 is 0. The second-order valence-electron chi connectivity index (χ2n) is 8.01. The maximum atomic E-state index is 11.3. The predicted molar refractivity (Wildman–Crippen MR) is 86.7 cm³/mol. The fourth-order valence-corrected chi connectivity index (χ4v) is 4.76. The maximum Gasteiger partial charge on any atom is 0.0860 e. The Kier molecular flexibility index (Phi) is 5.36. The topological polar surface area (TPSA) is 44.0 Å². The van der Waals surface area contributed by atoms with Gasteiger partial charge < -0.3 is 5.11 Å². The molecule has 0 heterocycles. The van der Waals surface area contributed by atoms with Gasteiger partial charge in [0.15, 0.2) is 0 Å². The molecule has 2 unspecified atom stereocenters. The molecular weight excluding hydrogens is 258 g/mol. The van der Waals surface area contributed by atoms with E-state index in [1.54, 1.807) is 0 Å². The lowest BCUT2D eigenvalue weighted by atomic mass is 9.59. The molecule has 120 valence electrons. The summed E-state index contributed by atoms with van der Waals surface area (Å²) >= 11 is 0. The Morgan fingerprint density at radius 2 is 1.76 bits per heavy atom. The summed E-state index contributed by atoms with van der Waals surface area (Å²) in [5.41, 5.74) is -1.20. The molecule has 0 bridgehead atoms. The first-order valence-corrected chi connectivity index (χ1v) is 9.10. The molecule has 1 N–H and O–H groups in total. The van der Waals surface area contributed by atoms with Crippen molar-refractivity contribution in [2.75, 3.05) is 0 Å². The van der Waals surface area contributed by atoms with Crippen molar-refractivity contribution in [2.45, 2.75) is 90.6 Å². The zero-order valence-corrected chi connectivity index (χ0v) is 14.2. The molecule has 2 fully saturated rings. The average molecular weight is 291 g/mol. The van der Waals surface area contributed by atoms with Crippen LogP contribution in [0.5, 0.6) is 0 Å². The van der Waals surface area contributed by atoms with Gasteiger partial charge in [-0.15, -0.1) is 0 Å². The first-order chi connectivity index (χ1) is 9.96. The van der Waals surface area contributed by atoms with Crippen LogP contribution in [0.1, 0.15) is 85.0 Å². The summed E-state index contributed by atoms with van der Waals surface area (Å²) in [4.78, 5) is 0. The van der Waals surface area contributed by atoms with Crippen molar-refractivity contribution in [1.82, 2.24) is 0 Å². The summed E-state index contributed by atoms with van der Waals surface area (Å²) in [5, 5.41) is 21.2. The Bertz CT molecular complexity index is 376. The van der Waals surface area contributed by atoms with Gasteiger partial charge in [-0.25, -0.2) is 0 Å². The normalized spacial score (nSPS) is 41.5. The monoisotopic (exact) mass is 291 g/mol. The highest BCUT2D eigenvalue weighted by atomic mass is 16.3. The van der Waals surface area contributed by atoms with Gasteiger partial charge in [0.05, 0.1) is 17.1 Å². The Morgan fingerprint density at radius 3 is 2.29 bits per heavy atom. The van der Waals surface area contributed by atoms with Crippen molar-refractivity contribution in [3.8, 4) is 6.07 Å². The quantitative estimate of drug-likeness (QED) is 0.738. The molecule has 0 aromatic heterocycles. The summed E-state index contributed by atoms with van der Waals surface area (Å²) in [5.74, 6) is 2.20. The van der Waals surface area contributed by atoms with E-state index in [0.29, 0.717) is 5.92 Å². The maximum absolute atomic E-state index is 11.3. The largest absolute Gasteiger partial charge is 0.388 e. The second kappa shape index (κ2) is 6.69. The standard InChI is InChI=1S/C19H33NO/c1-4-16-6-5-10-19(21,13-7-16)18(14-20)11-8-17(9-12-18)15(2)3/h15-17,21H,4-13H2,1-3H3. The van der Waals surface area contributed by atoms with E-state index in [2.05, 4.69) is 26.8 Å². The van der Waals surface area contributed by atoms with Crippen LogP contribution in [-0.2, 0) is 0 Å². The van der Waals surface area contributed by atoms with Crippen molar-refractivity contribution in [3.63, 3.8) is 0 Å². The number of aliphatic hydroxyl groups is 1. The third kappa shape index (κ3) is 3.29. The van der Waals surface area contributed by atoms with E-state index in [4.69, 9.17) is 0 Å². The molecule has 0 radical (unpaired) electrons. The fourth-order valence-electron chi connectivity index (χ4n) is 4.76. The van der Waals surface area contributed by atoms with Crippen LogP contribution in [0.2, 0.25) is 0 Å². The Labute approximate surface area is 130 Å². The van der Waals surface area contributed by atoms with Crippen LogP contribution in [0.3, 0.4) is 0 Å². The van der Waals surface area contributed by atoms with Crippen molar-refractivity contribution in [1.29, 1.82) is 5.26 Å². The van der Waals surface area contributed by atoms with E-state index < -0.39 is 11.0 Å². The number of hydrogen-bond acceptors (Lipinski definition) is 2. The number of hydrogen-bond donors (Lipinski definition) is 1. The minimum absolute atomic E-state index is 0.471. The van der Waals surface area contributed by atoms with E-state index in [9.17, 15) is 10.4 Å². The summed E-state index contributed by atoms with van der Waals surface area (Å²) in [6.07, 6.45) is 10.3. The van der Waals surface area contributed by atoms with E-state index in [-0.39, 0.29) is 0 Å². The van der Waals surface area contributed by atoms with Crippen molar-refractivity contribution < 1.29 is 5.11 Å². The minimum atomic E-state index is -0.729. The molecule has 2 rings (SSSR count). The molecular formula is C19H33NO. The van der Waals surface area contributed by atoms with Crippen LogP contribution in [-0.4, -0.2) is 10.7 Å². The van der Waals surface area contributed by atoms with E-state index >= 15 is 0 Å². The van der Waals surface area contributed by atoms with Gasteiger partial charge >= 0.3 is 0 Å². The van der Waals surface area contributed by atoms with Gasteiger partial charge in [-0.1, -0.05) is 40.0 Å². The van der Waals surface area contributed by atoms with Crippen LogP contribution in [0.15, 0.2) is 0 Å². The molecule has 0 aromatic rings. The van der Waals surface area contributed by atoms with Crippen LogP contribution < -0.4 is 0 Å². The van der Waals surface area contributed by atoms with E-state index in [0.717, 1.165) is 63.2 Å². The third-order valence-corrected chi connectivity index (χ3v) is 6.68. The Hall–Kier alpha value is -0.550. The lowest BCUT2D eigenvalue weighted by molar-refractivity contribution is -0.0911. The molecule has 2 nitrogen and oxygen atoms in total. The number of rotatable bonds is 3. The molecule has 0 amide bonds. The van der Waals surface area contributed by atoms with Crippen molar-refractivity contribution >= 4 is 0 Å². The summed E-state index contributed by atoms with van der Waals surface area (Å²) in [7, 11) is 0. The lowest BCUT2D eigenvalue weighted by Crippen LogP contribution is -2.49. The summed E-state index contributed by atoms with van der Waals surface area (Å²) in [6, 6.07) is 2.60. The van der Waals surface area contributed by atoms with Gasteiger partial charge in [-0.3, -0.25) is 0 Å². The molecule has 2 heteroatoms. The first kappa shape index (κ1) is 16.8. The Balaban J connectivity index is 2.11. The van der Waals surface area contributed by atoms with Gasteiger partial charge in [0.25, 0.3) is 0 Å². The highest BCUT2D eigenvalue weighted by Gasteiger charge is 2.52. The molecule has 21 heavy (non-hydrogen) atoms. The molecule has 0 spiro atoms. The number of nitriles is 1. The van der Waals surface area contributed by atoms with Gasteiger partial charge in [-0.2, -0.15) is 5.26 Å². The van der Waals surface area contributed by atoms with Gasteiger partial charge in [0.2, 0.25) is 0 Å². The third-order valence-electron chi connectivity index (χ3n) is 6.68. The molecule has 0 saturated heterocycles. The first-order valence-electron chi connectivity index (χ1n) is 9.10. The molecule has 0 aromatic carbocycles. The van der Waals surface area contributed by atoms with Crippen molar-refractivity contribution in [2.24, 2.45) is 23.2 Å². The van der Waals surface area contributed by atoms with Crippen LogP contribution in [0.25, 0.3) is 0 Å². The molecule has 2 aliphatic carbocycles. The van der Waals surface area contributed by atoms with Crippen LogP contribution in [0.4, 0.5) is 0 Å².